The molecular formula is C10H12O3. The number of ketones is 1. The second kappa shape index (κ2) is 4.05. The second-order valence-corrected chi connectivity index (χ2v) is 2.77. The van der Waals surface area contributed by atoms with E-state index in [0.29, 0.717) is 11.3 Å². The first-order valence-electron chi connectivity index (χ1n) is 4.01. The molecule has 0 aliphatic rings. The van der Waals surface area contributed by atoms with E-state index in [4.69, 9.17) is 9.84 Å². The monoisotopic (exact) mass is 180 g/mol. The number of carbonyl (C=O) groups excluding carboxylic acids is 1. The lowest BCUT2D eigenvalue weighted by Crippen LogP contribution is -2.15. The Labute approximate surface area is 77.0 Å². The minimum absolute atomic E-state index is 0.275. The topological polar surface area (TPSA) is 46.5 Å². The summed E-state index contributed by atoms with van der Waals surface area (Å²) in [6, 6.07) is 6.65. The number of hydrogen-bond donors (Lipinski definition) is 1. The van der Waals surface area contributed by atoms with Gasteiger partial charge in [0, 0.05) is 5.56 Å². The molecule has 13 heavy (non-hydrogen) atoms. The smallest absolute Gasteiger partial charge is 0.190 e. The van der Waals surface area contributed by atoms with Crippen LogP contribution >= 0.6 is 0 Å². The van der Waals surface area contributed by atoms with Crippen LogP contribution in [0.1, 0.15) is 17.3 Å². The fourth-order valence-corrected chi connectivity index (χ4v) is 0.996. The quantitative estimate of drug-likeness (QED) is 0.712. The van der Waals surface area contributed by atoms with Crippen LogP contribution in [-0.2, 0) is 0 Å². The highest BCUT2D eigenvalue weighted by molar-refractivity contribution is 5.99. The van der Waals surface area contributed by atoms with E-state index in [9.17, 15) is 4.79 Å². The fourth-order valence-electron chi connectivity index (χ4n) is 0.996. The molecule has 1 N–H and O–H groups in total. The number of aliphatic hydroxyl groups excluding tert-OH is 1. The van der Waals surface area contributed by atoms with Gasteiger partial charge in [0.25, 0.3) is 0 Å². The van der Waals surface area contributed by atoms with Crippen LogP contribution < -0.4 is 4.74 Å². The normalized spacial score (nSPS) is 12.2. The number of carbonyl (C=O) groups is 1. The lowest BCUT2D eigenvalue weighted by molar-refractivity contribution is 0.0779. The summed E-state index contributed by atoms with van der Waals surface area (Å²) in [5.74, 6) is 0.421. The van der Waals surface area contributed by atoms with Crippen LogP contribution in [0.5, 0.6) is 5.75 Å². The number of aliphatic hydroxyl groups is 1. The third-order valence-electron chi connectivity index (χ3n) is 1.75. The van der Waals surface area contributed by atoms with Crippen molar-refractivity contribution in [3.63, 3.8) is 0 Å². The maximum absolute atomic E-state index is 11.3. The number of rotatable bonds is 3. The highest BCUT2D eigenvalue weighted by atomic mass is 16.5. The molecule has 0 fully saturated rings. The number of methoxy groups -OCH3 is 1. The Morgan fingerprint density at radius 2 is 1.92 bits per heavy atom. The molecule has 3 nitrogen and oxygen atoms in total. The summed E-state index contributed by atoms with van der Waals surface area (Å²) in [6.45, 7) is 1.45. The van der Waals surface area contributed by atoms with Crippen molar-refractivity contribution in [3.05, 3.63) is 29.8 Å². The van der Waals surface area contributed by atoms with Gasteiger partial charge < -0.3 is 9.84 Å². The van der Waals surface area contributed by atoms with E-state index in [-0.39, 0.29) is 5.78 Å². The molecule has 0 spiro atoms. The standard InChI is InChI=1S/C10H12O3/c1-7(11)10(12)8-3-5-9(13-2)6-4-8/h3-7,11H,1-2H3/t7-/m1/s1. The Hall–Kier alpha value is -1.35. The third kappa shape index (κ3) is 2.29. The van der Waals surface area contributed by atoms with Crippen LogP contribution in [0.2, 0.25) is 0 Å². The maximum atomic E-state index is 11.3. The minimum Gasteiger partial charge on any atom is -0.497 e. The summed E-state index contributed by atoms with van der Waals surface area (Å²) in [4.78, 5) is 11.3. The molecule has 1 rings (SSSR count). The van der Waals surface area contributed by atoms with Gasteiger partial charge >= 0.3 is 0 Å². The molecule has 0 saturated heterocycles. The zero-order valence-corrected chi connectivity index (χ0v) is 7.65. The first-order chi connectivity index (χ1) is 6.15. The Kier molecular flexibility index (Phi) is 3.03. The lowest BCUT2D eigenvalue weighted by atomic mass is 10.1. The van der Waals surface area contributed by atoms with Gasteiger partial charge in [-0.3, -0.25) is 4.79 Å². The van der Waals surface area contributed by atoms with Crippen molar-refractivity contribution in [1.82, 2.24) is 0 Å². The van der Waals surface area contributed by atoms with Crippen molar-refractivity contribution < 1.29 is 14.6 Å². The van der Waals surface area contributed by atoms with Crippen molar-refractivity contribution in [2.75, 3.05) is 7.11 Å². The van der Waals surface area contributed by atoms with Crippen LogP contribution in [0.3, 0.4) is 0 Å². The van der Waals surface area contributed by atoms with Gasteiger partial charge in [0.1, 0.15) is 11.9 Å². The van der Waals surface area contributed by atoms with E-state index in [1.165, 1.54) is 6.92 Å². The first kappa shape index (κ1) is 9.74. The van der Waals surface area contributed by atoms with Gasteiger partial charge in [-0.2, -0.15) is 0 Å². The highest BCUT2D eigenvalue weighted by Crippen LogP contribution is 2.12. The van der Waals surface area contributed by atoms with E-state index in [2.05, 4.69) is 0 Å². The van der Waals surface area contributed by atoms with Gasteiger partial charge in [-0.25, -0.2) is 0 Å². The average Bonchev–Trinajstić information content (AvgIpc) is 2.17. The molecule has 0 bridgehead atoms. The van der Waals surface area contributed by atoms with Crippen molar-refractivity contribution in [2.24, 2.45) is 0 Å². The fraction of sp³-hybridized carbons (Fsp3) is 0.300. The van der Waals surface area contributed by atoms with Crippen LogP contribution in [0.15, 0.2) is 24.3 Å². The van der Waals surface area contributed by atoms with Gasteiger partial charge in [-0.15, -0.1) is 0 Å². The Morgan fingerprint density at radius 3 is 2.31 bits per heavy atom. The Bertz CT molecular complexity index is 288. The molecule has 0 aliphatic carbocycles. The van der Waals surface area contributed by atoms with Crippen molar-refractivity contribution in [1.29, 1.82) is 0 Å². The molecule has 0 heterocycles. The zero-order chi connectivity index (χ0) is 9.84. The summed E-state index contributed by atoms with van der Waals surface area (Å²) in [5.41, 5.74) is 0.496. The molecule has 3 heteroatoms. The largest absolute Gasteiger partial charge is 0.497 e. The average molecular weight is 180 g/mol. The summed E-state index contributed by atoms with van der Waals surface area (Å²) in [7, 11) is 1.56. The van der Waals surface area contributed by atoms with Crippen molar-refractivity contribution in [2.45, 2.75) is 13.0 Å². The molecule has 0 unspecified atom stereocenters. The van der Waals surface area contributed by atoms with Crippen LogP contribution in [0.25, 0.3) is 0 Å². The summed E-state index contributed by atoms with van der Waals surface area (Å²) >= 11 is 0. The molecule has 0 aromatic heterocycles. The van der Waals surface area contributed by atoms with E-state index in [1.54, 1.807) is 31.4 Å². The molecule has 0 aliphatic heterocycles. The predicted octanol–water partition coefficient (Wildman–Crippen LogP) is 1.26. The summed E-state index contributed by atoms with van der Waals surface area (Å²) in [6.07, 6.45) is -0.951. The van der Waals surface area contributed by atoms with E-state index < -0.39 is 6.10 Å². The van der Waals surface area contributed by atoms with Gasteiger partial charge in [-0.05, 0) is 31.2 Å². The minimum atomic E-state index is -0.951. The van der Waals surface area contributed by atoms with Crippen molar-refractivity contribution >= 4 is 5.78 Å². The number of benzene rings is 1. The van der Waals surface area contributed by atoms with Crippen LogP contribution in [0, 0.1) is 0 Å². The number of ether oxygens (including phenoxy) is 1. The zero-order valence-electron chi connectivity index (χ0n) is 7.65. The lowest BCUT2D eigenvalue weighted by Gasteiger charge is -2.04. The SMILES string of the molecule is COc1ccc(C(=O)[C@@H](C)O)cc1. The van der Waals surface area contributed by atoms with Crippen molar-refractivity contribution in [3.8, 4) is 5.75 Å². The summed E-state index contributed by atoms with van der Waals surface area (Å²) in [5, 5.41) is 9.02. The highest BCUT2D eigenvalue weighted by Gasteiger charge is 2.11. The van der Waals surface area contributed by atoms with E-state index >= 15 is 0 Å². The molecule has 0 saturated carbocycles. The van der Waals surface area contributed by atoms with Gasteiger partial charge in [0.05, 0.1) is 7.11 Å². The van der Waals surface area contributed by atoms with Gasteiger partial charge in [0.15, 0.2) is 5.78 Å². The molecule has 70 valence electrons. The Morgan fingerprint density at radius 1 is 1.38 bits per heavy atom. The van der Waals surface area contributed by atoms with Crippen LogP contribution in [0.4, 0.5) is 0 Å². The molecule has 0 amide bonds. The molecule has 1 atom stereocenters. The molecular weight excluding hydrogens is 168 g/mol. The summed E-state index contributed by atoms with van der Waals surface area (Å²) < 4.78 is 4.94. The third-order valence-corrected chi connectivity index (χ3v) is 1.75. The molecule has 0 radical (unpaired) electrons. The number of Topliss-reactive ketones (excluding diaryl/α,β-unsaturated/α-hetero) is 1. The number of hydrogen-bond acceptors (Lipinski definition) is 3. The predicted molar refractivity (Wildman–Crippen MR) is 49.0 cm³/mol. The van der Waals surface area contributed by atoms with Gasteiger partial charge in [0.2, 0.25) is 0 Å². The van der Waals surface area contributed by atoms with Gasteiger partial charge in [-0.1, -0.05) is 0 Å². The molecule has 1 aromatic rings. The first-order valence-corrected chi connectivity index (χ1v) is 4.01. The van der Waals surface area contributed by atoms with Crippen LogP contribution in [-0.4, -0.2) is 24.1 Å². The Balaban J connectivity index is 2.86. The molecule has 1 aromatic carbocycles. The maximum Gasteiger partial charge on any atom is 0.190 e. The van der Waals surface area contributed by atoms with E-state index in [1.807, 2.05) is 0 Å². The van der Waals surface area contributed by atoms with E-state index in [0.717, 1.165) is 0 Å². The second-order valence-electron chi connectivity index (χ2n) is 2.77.